The van der Waals surface area contributed by atoms with Gasteiger partial charge < -0.3 is 5.32 Å². The van der Waals surface area contributed by atoms with Crippen molar-refractivity contribution >= 4 is 40.6 Å². The molecule has 5 heteroatoms. The van der Waals surface area contributed by atoms with Gasteiger partial charge in [-0.15, -0.1) is 0 Å². The predicted octanol–water partition coefficient (Wildman–Crippen LogP) is 4.19. The van der Waals surface area contributed by atoms with Crippen molar-refractivity contribution in [2.75, 3.05) is 5.32 Å². The van der Waals surface area contributed by atoms with Gasteiger partial charge in [-0.25, -0.2) is 4.39 Å². The van der Waals surface area contributed by atoms with Crippen LogP contribution in [0, 0.1) is 5.82 Å². The molecule has 1 amide bonds. The van der Waals surface area contributed by atoms with E-state index in [4.69, 9.17) is 11.6 Å². The van der Waals surface area contributed by atoms with Gasteiger partial charge in [-0.3, -0.25) is 4.79 Å². The summed E-state index contributed by atoms with van der Waals surface area (Å²) in [5.41, 5.74) is 1.42. The highest BCUT2D eigenvalue weighted by Crippen LogP contribution is 2.19. The van der Waals surface area contributed by atoms with E-state index in [0.717, 1.165) is 5.56 Å². The third-order valence-corrected chi connectivity index (χ3v) is 3.15. The molecule has 18 heavy (non-hydrogen) atoms. The molecule has 2 rings (SSSR count). The minimum absolute atomic E-state index is 0.0189. The molecule has 0 saturated heterocycles. The van der Waals surface area contributed by atoms with E-state index in [1.54, 1.807) is 17.4 Å². The van der Waals surface area contributed by atoms with Gasteiger partial charge in [0, 0.05) is 11.8 Å². The van der Waals surface area contributed by atoms with Crippen LogP contribution in [0.25, 0.3) is 6.08 Å². The highest BCUT2D eigenvalue weighted by atomic mass is 35.5. The zero-order valence-corrected chi connectivity index (χ0v) is 10.8. The SMILES string of the molecule is O=C(/C=C/c1ccsc1)Nc1ccc(F)c(Cl)c1. The van der Waals surface area contributed by atoms with E-state index >= 15 is 0 Å². The van der Waals surface area contributed by atoms with Crippen molar-refractivity contribution in [3.63, 3.8) is 0 Å². The number of hydrogen-bond donors (Lipinski definition) is 1. The Hall–Kier alpha value is -1.65. The fraction of sp³-hybridized carbons (Fsp3) is 0. The first-order valence-corrected chi connectivity index (χ1v) is 6.43. The Morgan fingerprint density at radius 2 is 2.22 bits per heavy atom. The van der Waals surface area contributed by atoms with Crippen LogP contribution in [0.3, 0.4) is 0 Å². The van der Waals surface area contributed by atoms with Gasteiger partial charge in [0.05, 0.1) is 5.02 Å². The summed E-state index contributed by atoms with van der Waals surface area (Å²) in [7, 11) is 0. The van der Waals surface area contributed by atoms with Crippen LogP contribution in [-0.4, -0.2) is 5.91 Å². The third kappa shape index (κ3) is 3.42. The molecule has 2 nitrogen and oxygen atoms in total. The Morgan fingerprint density at radius 1 is 1.39 bits per heavy atom. The van der Waals surface area contributed by atoms with Crippen LogP contribution in [0.15, 0.2) is 41.1 Å². The second-order valence-corrected chi connectivity index (χ2v) is 4.70. The van der Waals surface area contributed by atoms with Crippen molar-refractivity contribution in [2.45, 2.75) is 0 Å². The van der Waals surface area contributed by atoms with Gasteiger partial charge in [-0.2, -0.15) is 11.3 Å². The van der Waals surface area contributed by atoms with Crippen LogP contribution in [-0.2, 0) is 4.79 Å². The molecule has 92 valence electrons. The third-order valence-electron chi connectivity index (χ3n) is 2.16. The number of thiophene rings is 1. The molecule has 0 aliphatic heterocycles. The van der Waals surface area contributed by atoms with Crippen LogP contribution >= 0.6 is 22.9 Å². The first-order chi connectivity index (χ1) is 8.65. The Bertz CT molecular complexity index is 581. The lowest BCUT2D eigenvalue weighted by atomic mass is 10.3. The smallest absolute Gasteiger partial charge is 0.248 e. The predicted molar refractivity (Wildman–Crippen MR) is 73.4 cm³/mol. The largest absolute Gasteiger partial charge is 0.322 e. The number of carbonyl (C=O) groups excluding carboxylic acids is 1. The fourth-order valence-corrected chi connectivity index (χ4v) is 2.11. The summed E-state index contributed by atoms with van der Waals surface area (Å²) in [5.74, 6) is -0.799. The highest BCUT2D eigenvalue weighted by Gasteiger charge is 2.02. The van der Waals surface area contributed by atoms with Crippen molar-refractivity contribution < 1.29 is 9.18 Å². The molecule has 1 heterocycles. The van der Waals surface area contributed by atoms with Crippen molar-refractivity contribution in [2.24, 2.45) is 0 Å². The van der Waals surface area contributed by atoms with Crippen molar-refractivity contribution in [3.8, 4) is 0 Å². The summed E-state index contributed by atoms with van der Waals surface area (Å²) in [4.78, 5) is 11.6. The van der Waals surface area contributed by atoms with Gasteiger partial charge in [-0.05, 0) is 46.7 Å². The summed E-state index contributed by atoms with van der Waals surface area (Å²) in [6.45, 7) is 0. The number of hydrogen-bond acceptors (Lipinski definition) is 2. The molecule has 0 unspecified atom stereocenters. The van der Waals surface area contributed by atoms with Crippen LogP contribution in [0.2, 0.25) is 5.02 Å². The summed E-state index contributed by atoms with van der Waals surface area (Å²) in [6, 6.07) is 5.94. The lowest BCUT2D eigenvalue weighted by Gasteiger charge is -2.02. The lowest BCUT2D eigenvalue weighted by Crippen LogP contribution is -2.07. The van der Waals surface area contributed by atoms with Crippen molar-refractivity contribution in [1.82, 2.24) is 0 Å². The number of amides is 1. The van der Waals surface area contributed by atoms with Crippen molar-refractivity contribution in [3.05, 3.63) is 57.5 Å². The average molecular weight is 282 g/mol. The van der Waals surface area contributed by atoms with E-state index in [1.165, 1.54) is 24.3 Å². The lowest BCUT2D eigenvalue weighted by molar-refractivity contribution is -0.111. The van der Waals surface area contributed by atoms with E-state index in [2.05, 4.69) is 5.32 Å². The van der Waals surface area contributed by atoms with Gasteiger partial charge >= 0.3 is 0 Å². The number of halogens is 2. The van der Waals surface area contributed by atoms with Gasteiger partial charge in [0.1, 0.15) is 5.82 Å². The minimum atomic E-state index is -0.511. The molecule has 0 radical (unpaired) electrons. The van der Waals surface area contributed by atoms with E-state index in [1.807, 2.05) is 16.8 Å². The maximum absolute atomic E-state index is 12.9. The molecular weight excluding hydrogens is 273 g/mol. The molecule has 1 N–H and O–H groups in total. The fourth-order valence-electron chi connectivity index (χ4n) is 1.30. The molecule has 0 aliphatic rings. The highest BCUT2D eigenvalue weighted by molar-refractivity contribution is 7.08. The number of anilines is 1. The van der Waals surface area contributed by atoms with E-state index in [-0.39, 0.29) is 10.9 Å². The van der Waals surface area contributed by atoms with Gasteiger partial charge in [0.25, 0.3) is 0 Å². The Kier molecular flexibility index (Phi) is 4.12. The second-order valence-electron chi connectivity index (χ2n) is 3.51. The minimum Gasteiger partial charge on any atom is -0.322 e. The van der Waals surface area contributed by atoms with Crippen LogP contribution < -0.4 is 5.32 Å². The van der Waals surface area contributed by atoms with E-state index in [9.17, 15) is 9.18 Å². The Balaban J connectivity index is 2.01. The Morgan fingerprint density at radius 3 is 2.89 bits per heavy atom. The van der Waals surface area contributed by atoms with Crippen LogP contribution in [0.4, 0.5) is 10.1 Å². The summed E-state index contributed by atoms with van der Waals surface area (Å²) in [6.07, 6.45) is 3.12. The number of nitrogens with one attached hydrogen (secondary N) is 1. The molecule has 1 aromatic heterocycles. The molecular formula is C13H9ClFNOS. The van der Waals surface area contributed by atoms with Gasteiger partial charge in [-0.1, -0.05) is 11.6 Å². The topological polar surface area (TPSA) is 29.1 Å². The molecule has 0 bridgehead atoms. The number of rotatable bonds is 3. The quantitative estimate of drug-likeness (QED) is 0.840. The molecule has 1 aromatic carbocycles. The van der Waals surface area contributed by atoms with E-state index in [0.29, 0.717) is 5.69 Å². The first kappa shape index (κ1) is 12.8. The average Bonchev–Trinajstić information content (AvgIpc) is 2.84. The number of benzene rings is 1. The van der Waals surface area contributed by atoms with Crippen LogP contribution in [0.1, 0.15) is 5.56 Å². The first-order valence-electron chi connectivity index (χ1n) is 5.11. The molecule has 0 fully saturated rings. The Labute approximate surface area is 113 Å². The van der Waals surface area contributed by atoms with Crippen LogP contribution in [0.5, 0.6) is 0 Å². The summed E-state index contributed by atoms with van der Waals surface area (Å²) >= 11 is 7.17. The number of carbonyl (C=O) groups is 1. The van der Waals surface area contributed by atoms with Gasteiger partial charge in [0.15, 0.2) is 0 Å². The van der Waals surface area contributed by atoms with Crippen molar-refractivity contribution in [1.29, 1.82) is 0 Å². The zero-order valence-electron chi connectivity index (χ0n) is 9.19. The maximum Gasteiger partial charge on any atom is 0.248 e. The molecule has 0 saturated carbocycles. The molecule has 0 atom stereocenters. The standard InChI is InChI=1S/C13H9ClFNOS/c14-11-7-10(2-3-12(11)15)16-13(17)4-1-9-5-6-18-8-9/h1-8H,(H,16,17)/b4-1+. The van der Waals surface area contributed by atoms with E-state index < -0.39 is 5.82 Å². The summed E-state index contributed by atoms with van der Waals surface area (Å²) in [5, 5.41) is 6.44. The monoisotopic (exact) mass is 281 g/mol. The summed E-state index contributed by atoms with van der Waals surface area (Å²) < 4.78 is 12.9. The zero-order chi connectivity index (χ0) is 13.0. The van der Waals surface area contributed by atoms with Gasteiger partial charge in [0.2, 0.25) is 5.91 Å². The maximum atomic E-state index is 12.9. The molecule has 0 spiro atoms. The molecule has 0 aliphatic carbocycles. The second kappa shape index (κ2) is 5.80. The molecule has 2 aromatic rings. The normalized spacial score (nSPS) is 10.8.